The van der Waals surface area contributed by atoms with Gasteiger partial charge in [-0.1, -0.05) is 12.1 Å². The van der Waals surface area contributed by atoms with Gasteiger partial charge in [0, 0.05) is 12.4 Å². The summed E-state index contributed by atoms with van der Waals surface area (Å²) in [6, 6.07) is 12.4. The Bertz CT molecular complexity index is 1000. The van der Waals surface area contributed by atoms with Gasteiger partial charge in [-0.2, -0.15) is 18.3 Å². The van der Waals surface area contributed by atoms with Gasteiger partial charge in [-0.15, -0.1) is 16.4 Å². The van der Waals surface area contributed by atoms with Gasteiger partial charge in [-0.25, -0.2) is 0 Å². The number of methoxy groups -OCH3 is 1. The lowest BCUT2D eigenvalue weighted by molar-refractivity contribution is -0.137. The van der Waals surface area contributed by atoms with E-state index in [9.17, 15) is 13.2 Å². The predicted octanol–water partition coefficient (Wildman–Crippen LogP) is 4.72. The SMILES string of the molecule is COc1ccc(-c2cs/c(=N/N=C/c3ccc(C(F)(F)F)cc3)n2C)cc1. The molecule has 0 amide bonds. The Balaban J connectivity index is 1.79. The minimum Gasteiger partial charge on any atom is -0.497 e. The first kappa shape index (κ1) is 18.9. The number of hydrogen-bond acceptors (Lipinski definition) is 4. The highest BCUT2D eigenvalue weighted by Crippen LogP contribution is 2.28. The van der Waals surface area contributed by atoms with E-state index < -0.39 is 11.7 Å². The number of nitrogens with zero attached hydrogens (tertiary/aromatic N) is 3. The summed E-state index contributed by atoms with van der Waals surface area (Å²) in [5, 5.41) is 10.1. The molecule has 4 nitrogen and oxygen atoms in total. The zero-order valence-corrected chi connectivity index (χ0v) is 15.4. The Morgan fingerprint density at radius 1 is 1.04 bits per heavy atom. The summed E-state index contributed by atoms with van der Waals surface area (Å²) >= 11 is 1.42. The van der Waals surface area contributed by atoms with E-state index in [2.05, 4.69) is 10.2 Å². The molecule has 1 heterocycles. The number of thiazole rings is 1. The molecule has 0 atom stereocenters. The average Bonchev–Trinajstić information content (AvgIpc) is 3.02. The van der Waals surface area contributed by atoms with E-state index in [-0.39, 0.29) is 0 Å². The number of alkyl halides is 3. The number of ether oxygens (including phenoxy) is 1. The third kappa shape index (κ3) is 4.46. The fourth-order valence-electron chi connectivity index (χ4n) is 2.39. The van der Waals surface area contributed by atoms with Gasteiger partial charge in [0.25, 0.3) is 0 Å². The quantitative estimate of drug-likeness (QED) is 0.469. The van der Waals surface area contributed by atoms with Crippen molar-refractivity contribution in [2.75, 3.05) is 7.11 Å². The van der Waals surface area contributed by atoms with Crippen LogP contribution >= 0.6 is 11.3 Å². The lowest BCUT2D eigenvalue weighted by Crippen LogP contribution is -2.10. The summed E-state index contributed by atoms with van der Waals surface area (Å²) in [7, 11) is 3.49. The molecule has 0 bridgehead atoms. The third-order valence-electron chi connectivity index (χ3n) is 3.90. The van der Waals surface area contributed by atoms with Crippen LogP contribution in [0.4, 0.5) is 13.2 Å². The summed E-state index contributed by atoms with van der Waals surface area (Å²) in [6.07, 6.45) is -2.92. The Morgan fingerprint density at radius 3 is 2.30 bits per heavy atom. The number of hydrogen-bond donors (Lipinski definition) is 0. The molecule has 27 heavy (non-hydrogen) atoms. The first-order chi connectivity index (χ1) is 12.9. The lowest BCUT2D eigenvalue weighted by atomic mass is 10.1. The fourth-order valence-corrected chi connectivity index (χ4v) is 3.25. The molecule has 0 radical (unpaired) electrons. The normalized spacial score (nSPS) is 12.7. The molecular formula is C19H16F3N3OS. The van der Waals surface area contributed by atoms with E-state index in [1.165, 1.54) is 29.7 Å². The van der Waals surface area contributed by atoms with Crippen molar-refractivity contribution in [2.45, 2.75) is 6.18 Å². The van der Waals surface area contributed by atoms with Crippen molar-refractivity contribution >= 4 is 17.6 Å². The highest BCUT2D eigenvalue weighted by Gasteiger charge is 2.29. The molecule has 3 rings (SSSR count). The van der Waals surface area contributed by atoms with Gasteiger partial charge < -0.3 is 9.30 Å². The Labute approximate surface area is 157 Å². The summed E-state index contributed by atoms with van der Waals surface area (Å²) < 4.78 is 44.7. The Hall–Kier alpha value is -2.87. The second-order valence-corrected chi connectivity index (χ2v) is 6.49. The van der Waals surface area contributed by atoms with Crippen LogP contribution in [0.1, 0.15) is 11.1 Å². The number of rotatable bonds is 4. The zero-order chi connectivity index (χ0) is 19.4. The third-order valence-corrected chi connectivity index (χ3v) is 4.81. The first-order valence-electron chi connectivity index (χ1n) is 7.92. The van der Waals surface area contributed by atoms with Crippen molar-refractivity contribution in [3.63, 3.8) is 0 Å². The van der Waals surface area contributed by atoms with Gasteiger partial charge >= 0.3 is 6.18 Å². The predicted molar refractivity (Wildman–Crippen MR) is 99.9 cm³/mol. The zero-order valence-electron chi connectivity index (χ0n) is 14.6. The summed E-state index contributed by atoms with van der Waals surface area (Å²) in [5.41, 5.74) is 1.85. The molecule has 0 aliphatic heterocycles. The molecule has 1 aromatic heterocycles. The topological polar surface area (TPSA) is 38.9 Å². The molecular weight excluding hydrogens is 375 g/mol. The van der Waals surface area contributed by atoms with Gasteiger partial charge in [0.05, 0.1) is 24.6 Å². The van der Waals surface area contributed by atoms with E-state index >= 15 is 0 Å². The van der Waals surface area contributed by atoms with Gasteiger partial charge in [-0.3, -0.25) is 0 Å². The van der Waals surface area contributed by atoms with Crippen molar-refractivity contribution in [1.29, 1.82) is 0 Å². The van der Waals surface area contributed by atoms with E-state index in [1.807, 2.05) is 41.3 Å². The maximum atomic E-state index is 12.6. The Morgan fingerprint density at radius 2 is 1.70 bits per heavy atom. The number of aromatic nitrogens is 1. The number of benzene rings is 2. The second kappa shape index (κ2) is 7.79. The number of halogens is 3. The molecule has 0 aliphatic carbocycles. The molecule has 140 valence electrons. The molecule has 8 heteroatoms. The maximum absolute atomic E-state index is 12.6. The molecule has 0 aliphatic rings. The van der Waals surface area contributed by atoms with E-state index in [0.717, 1.165) is 29.1 Å². The van der Waals surface area contributed by atoms with Crippen LogP contribution in [-0.4, -0.2) is 17.9 Å². The molecule has 0 N–H and O–H groups in total. The van der Waals surface area contributed by atoms with Gasteiger partial charge in [0.15, 0.2) is 0 Å². The summed E-state index contributed by atoms with van der Waals surface area (Å²) in [6.45, 7) is 0. The Kier molecular flexibility index (Phi) is 5.46. The monoisotopic (exact) mass is 391 g/mol. The van der Waals surface area contributed by atoms with E-state index in [1.54, 1.807) is 7.11 Å². The summed E-state index contributed by atoms with van der Waals surface area (Å²) in [5.74, 6) is 0.780. The van der Waals surface area contributed by atoms with E-state index in [4.69, 9.17) is 4.74 Å². The molecule has 3 aromatic rings. The standard InChI is InChI=1S/C19H16F3N3OS/c1-25-17(14-5-9-16(26-2)10-6-14)12-27-18(25)24-23-11-13-3-7-15(8-4-13)19(20,21)22/h3-12H,1-2H3/b23-11+,24-18+. The van der Waals surface area contributed by atoms with Crippen molar-refractivity contribution < 1.29 is 17.9 Å². The van der Waals surface area contributed by atoms with E-state index in [0.29, 0.717) is 10.4 Å². The lowest BCUT2D eigenvalue weighted by Gasteiger charge is -2.05. The second-order valence-electron chi connectivity index (χ2n) is 5.66. The summed E-state index contributed by atoms with van der Waals surface area (Å²) in [4.78, 5) is 0.670. The van der Waals surface area contributed by atoms with Crippen LogP contribution in [0.2, 0.25) is 0 Å². The van der Waals surface area contributed by atoms with Gasteiger partial charge in [0.1, 0.15) is 5.75 Å². The van der Waals surface area contributed by atoms with Gasteiger partial charge in [-0.05, 0) is 47.5 Å². The average molecular weight is 391 g/mol. The highest BCUT2D eigenvalue weighted by molar-refractivity contribution is 7.07. The first-order valence-corrected chi connectivity index (χ1v) is 8.80. The molecule has 0 saturated carbocycles. The van der Waals surface area contributed by atoms with Crippen LogP contribution in [-0.2, 0) is 13.2 Å². The highest BCUT2D eigenvalue weighted by atomic mass is 32.1. The molecule has 0 saturated heterocycles. The molecule has 0 fully saturated rings. The molecule has 0 spiro atoms. The maximum Gasteiger partial charge on any atom is 0.416 e. The largest absolute Gasteiger partial charge is 0.497 e. The smallest absolute Gasteiger partial charge is 0.416 e. The van der Waals surface area contributed by atoms with Crippen LogP contribution in [0.5, 0.6) is 5.75 Å². The van der Waals surface area contributed by atoms with Crippen molar-refractivity contribution in [2.24, 2.45) is 17.3 Å². The minimum absolute atomic E-state index is 0.543. The fraction of sp³-hybridized carbons (Fsp3) is 0.158. The van der Waals surface area contributed by atoms with Crippen molar-refractivity contribution in [3.05, 3.63) is 69.8 Å². The van der Waals surface area contributed by atoms with Crippen LogP contribution < -0.4 is 9.54 Å². The molecule has 2 aromatic carbocycles. The molecule has 0 unspecified atom stereocenters. The van der Waals surface area contributed by atoms with Crippen molar-refractivity contribution in [3.8, 4) is 17.0 Å². The van der Waals surface area contributed by atoms with Crippen LogP contribution in [0.25, 0.3) is 11.3 Å². The van der Waals surface area contributed by atoms with Crippen LogP contribution in [0.15, 0.2) is 64.1 Å². The van der Waals surface area contributed by atoms with Crippen LogP contribution in [0.3, 0.4) is 0 Å². The van der Waals surface area contributed by atoms with Gasteiger partial charge in [0.2, 0.25) is 4.80 Å². The van der Waals surface area contributed by atoms with Crippen LogP contribution in [0, 0.1) is 0 Å². The van der Waals surface area contributed by atoms with Crippen molar-refractivity contribution in [1.82, 2.24) is 4.57 Å². The minimum atomic E-state index is -4.34.